The Balaban J connectivity index is 2.05. The molecule has 0 aliphatic carbocycles. The Bertz CT molecular complexity index is 558. The molecular weight excluding hydrogens is 248 g/mol. The first-order valence-electron chi connectivity index (χ1n) is 6.14. The summed E-state index contributed by atoms with van der Waals surface area (Å²) in [5, 5.41) is 4.24. The molecule has 1 aromatic heterocycles. The Morgan fingerprint density at radius 3 is 2.32 bits per heavy atom. The lowest BCUT2D eigenvalue weighted by atomic mass is 10.0. The molecule has 2 N–H and O–H groups in total. The van der Waals surface area contributed by atoms with Crippen molar-refractivity contribution in [2.75, 3.05) is 0 Å². The van der Waals surface area contributed by atoms with Crippen LogP contribution in [0.5, 0.6) is 0 Å². The van der Waals surface area contributed by atoms with Crippen LogP contribution < -0.4 is 5.73 Å². The second-order valence-electron chi connectivity index (χ2n) is 4.85. The molecule has 19 heavy (non-hydrogen) atoms. The monoisotopic (exact) mass is 265 g/mol. The third-order valence-corrected chi connectivity index (χ3v) is 2.99. The van der Waals surface area contributed by atoms with E-state index in [9.17, 15) is 8.78 Å². The van der Waals surface area contributed by atoms with Crippen molar-refractivity contribution in [3.05, 3.63) is 52.9 Å². The van der Waals surface area contributed by atoms with E-state index in [1.807, 2.05) is 20.0 Å². The van der Waals surface area contributed by atoms with Gasteiger partial charge >= 0.3 is 0 Å². The number of nitrogens with zero attached hydrogens (tertiary/aromatic N) is 2. The highest BCUT2D eigenvalue weighted by Crippen LogP contribution is 2.12. The minimum absolute atomic E-state index is 0.198. The molecule has 1 unspecified atom stereocenters. The molecule has 0 radical (unpaired) electrons. The number of hydrogen-bond donors (Lipinski definition) is 1. The smallest absolute Gasteiger partial charge is 0.126 e. The van der Waals surface area contributed by atoms with Gasteiger partial charge in [0.1, 0.15) is 11.6 Å². The van der Waals surface area contributed by atoms with Crippen molar-refractivity contribution >= 4 is 0 Å². The van der Waals surface area contributed by atoms with Crippen molar-refractivity contribution in [2.45, 2.75) is 25.8 Å². The summed E-state index contributed by atoms with van der Waals surface area (Å²) in [5.41, 5.74) is 8.55. The summed E-state index contributed by atoms with van der Waals surface area (Å²) < 4.78 is 27.9. The Hall–Kier alpha value is -1.75. The summed E-state index contributed by atoms with van der Waals surface area (Å²) in [4.78, 5) is 0. The first kappa shape index (κ1) is 13.7. The lowest BCUT2D eigenvalue weighted by Gasteiger charge is -2.12. The molecule has 0 saturated carbocycles. The van der Waals surface area contributed by atoms with Crippen LogP contribution >= 0.6 is 0 Å². The minimum atomic E-state index is -0.571. The second kappa shape index (κ2) is 5.48. The van der Waals surface area contributed by atoms with Gasteiger partial charge in [-0.25, -0.2) is 8.78 Å². The molecule has 0 aliphatic heterocycles. The summed E-state index contributed by atoms with van der Waals surface area (Å²) >= 11 is 0. The first-order valence-corrected chi connectivity index (χ1v) is 6.14. The van der Waals surface area contributed by atoms with Gasteiger partial charge < -0.3 is 5.73 Å². The molecule has 0 fully saturated rings. The van der Waals surface area contributed by atoms with Crippen LogP contribution in [-0.4, -0.2) is 15.8 Å². The number of aryl methyl sites for hydroxylation is 2. The van der Waals surface area contributed by atoms with Crippen LogP contribution in [0.25, 0.3) is 0 Å². The van der Waals surface area contributed by atoms with Crippen LogP contribution in [-0.2, 0) is 19.9 Å². The average molecular weight is 265 g/mol. The molecule has 1 aromatic carbocycles. The SMILES string of the molecule is Cc1cc(CC(N)Cc2cc(F)cc(F)c2)n(C)n1. The molecule has 0 saturated heterocycles. The van der Waals surface area contributed by atoms with Gasteiger partial charge in [-0.3, -0.25) is 4.68 Å². The van der Waals surface area contributed by atoms with E-state index in [0.29, 0.717) is 18.4 Å². The predicted molar refractivity (Wildman–Crippen MR) is 69.7 cm³/mol. The normalized spacial score (nSPS) is 12.7. The highest BCUT2D eigenvalue weighted by molar-refractivity contribution is 5.20. The van der Waals surface area contributed by atoms with Gasteiger partial charge in [0, 0.05) is 31.3 Å². The molecule has 0 bridgehead atoms. The Labute approximate surface area is 111 Å². The molecule has 0 aliphatic rings. The van der Waals surface area contributed by atoms with Crippen LogP contribution in [0.4, 0.5) is 8.78 Å². The molecule has 0 spiro atoms. The molecule has 1 heterocycles. The molecule has 5 heteroatoms. The van der Waals surface area contributed by atoms with Gasteiger partial charge in [-0.1, -0.05) is 0 Å². The fourth-order valence-electron chi connectivity index (χ4n) is 2.23. The van der Waals surface area contributed by atoms with Gasteiger partial charge in [-0.2, -0.15) is 5.10 Å². The molecule has 2 rings (SSSR count). The lowest BCUT2D eigenvalue weighted by Crippen LogP contribution is -2.26. The summed E-state index contributed by atoms with van der Waals surface area (Å²) in [6, 6.07) is 5.26. The van der Waals surface area contributed by atoms with E-state index in [4.69, 9.17) is 5.73 Å². The van der Waals surface area contributed by atoms with Gasteiger partial charge in [0.2, 0.25) is 0 Å². The highest BCUT2D eigenvalue weighted by atomic mass is 19.1. The minimum Gasteiger partial charge on any atom is -0.327 e. The Kier molecular flexibility index (Phi) is 3.95. The summed E-state index contributed by atoms with van der Waals surface area (Å²) in [6.07, 6.45) is 1.05. The number of aromatic nitrogens is 2. The summed E-state index contributed by atoms with van der Waals surface area (Å²) in [7, 11) is 1.86. The van der Waals surface area contributed by atoms with E-state index in [2.05, 4.69) is 5.10 Å². The topological polar surface area (TPSA) is 43.8 Å². The third-order valence-electron chi connectivity index (χ3n) is 2.99. The van der Waals surface area contributed by atoms with Crippen molar-refractivity contribution in [2.24, 2.45) is 12.8 Å². The zero-order valence-electron chi connectivity index (χ0n) is 11.0. The van der Waals surface area contributed by atoms with Crippen molar-refractivity contribution < 1.29 is 8.78 Å². The third kappa shape index (κ3) is 3.61. The van der Waals surface area contributed by atoms with Gasteiger partial charge in [-0.15, -0.1) is 0 Å². The quantitative estimate of drug-likeness (QED) is 0.920. The number of benzene rings is 1. The molecule has 3 nitrogen and oxygen atoms in total. The standard InChI is InChI=1S/C14H17F2N3/c1-9-3-14(19(2)18-9)8-13(17)6-10-4-11(15)7-12(16)5-10/h3-5,7,13H,6,8,17H2,1-2H3. The van der Waals surface area contributed by atoms with Crippen LogP contribution in [0.15, 0.2) is 24.3 Å². The molecule has 2 aromatic rings. The van der Waals surface area contributed by atoms with Gasteiger partial charge in [0.25, 0.3) is 0 Å². The van der Waals surface area contributed by atoms with E-state index in [0.717, 1.165) is 17.5 Å². The van der Waals surface area contributed by atoms with Crippen molar-refractivity contribution in [3.63, 3.8) is 0 Å². The Morgan fingerprint density at radius 2 is 1.79 bits per heavy atom. The first-order chi connectivity index (χ1) is 8.94. The zero-order valence-corrected chi connectivity index (χ0v) is 11.0. The largest absolute Gasteiger partial charge is 0.327 e. The highest BCUT2D eigenvalue weighted by Gasteiger charge is 2.11. The average Bonchev–Trinajstić information content (AvgIpc) is 2.55. The van der Waals surface area contributed by atoms with E-state index >= 15 is 0 Å². The fourth-order valence-corrected chi connectivity index (χ4v) is 2.23. The maximum atomic E-state index is 13.1. The van der Waals surface area contributed by atoms with Gasteiger partial charge in [0.05, 0.1) is 5.69 Å². The fraction of sp³-hybridized carbons (Fsp3) is 0.357. The number of rotatable bonds is 4. The van der Waals surface area contributed by atoms with E-state index in [1.165, 1.54) is 12.1 Å². The summed E-state index contributed by atoms with van der Waals surface area (Å²) in [6.45, 7) is 1.91. The van der Waals surface area contributed by atoms with Crippen LogP contribution in [0.1, 0.15) is 17.0 Å². The Morgan fingerprint density at radius 1 is 1.16 bits per heavy atom. The zero-order chi connectivity index (χ0) is 14.0. The molecule has 1 atom stereocenters. The summed E-state index contributed by atoms with van der Waals surface area (Å²) in [5.74, 6) is -1.14. The van der Waals surface area contributed by atoms with Gasteiger partial charge in [-0.05, 0) is 37.1 Å². The number of hydrogen-bond acceptors (Lipinski definition) is 2. The maximum absolute atomic E-state index is 13.1. The van der Waals surface area contributed by atoms with E-state index in [1.54, 1.807) is 4.68 Å². The van der Waals surface area contributed by atoms with E-state index < -0.39 is 11.6 Å². The number of halogens is 2. The van der Waals surface area contributed by atoms with Crippen LogP contribution in [0, 0.1) is 18.6 Å². The van der Waals surface area contributed by atoms with Crippen molar-refractivity contribution in [1.29, 1.82) is 0 Å². The molecule has 0 amide bonds. The maximum Gasteiger partial charge on any atom is 0.126 e. The van der Waals surface area contributed by atoms with Crippen molar-refractivity contribution in [1.82, 2.24) is 9.78 Å². The van der Waals surface area contributed by atoms with Crippen molar-refractivity contribution in [3.8, 4) is 0 Å². The van der Waals surface area contributed by atoms with Crippen LogP contribution in [0.2, 0.25) is 0 Å². The molecular formula is C14H17F2N3. The predicted octanol–water partition coefficient (Wildman–Crippen LogP) is 2.12. The van der Waals surface area contributed by atoms with Gasteiger partial charge in [0.15, 0.2) is 0 Å². The second-order valence-corrected chi connectivity index (χ2v) is 4.85. The van der Waals surface area contributed by atoms with E-state index in [-0.39, 0.29) is 6.04 Å². The number of nitrogens with two attached hydrogens (primary N) is 1. The lowest BCUT2D eigenvalue weighted by molar-refractivity contribution is 0.570. The van der Waals surface area contributed by atoms with Crippen LogP contribution in [0.3, 0.4) is 0 Å². The molecule has 102 valence electrons.